The fourth-order valence-electron chi connectivity index (χ4n) is 1.85. The lowest BCUT2D eigenvalue weighted by Gasteiger charge is -2.33. The summed E-state index contributed by atoms with van der Waals surface area (Å²) < 4.78 is 0. The topological polar surface area (TPSA) is 65.5 Å². The van der Waals surface area contributed by atoms with Crippen LogP contribution in [0.25, 0.3) is 0 Å². The molecule has 1 aromatic rings. The zero-order valence-corrected chi connectivity index (χ0v) is 9.18. The summed E-state index contributed by atoms with van der Waals surface area (Å²) >= 11 is 0. The van der Waals surface area contributed by atoms with E-state index in [1.54, 1.807) is 4.90 Å². The Morgan fingerprint density at radius 1 is 1.62 bits per heavy atom. The summed E-state index contributed by atoms with van der Waals surface area (Å²) in [5, 5.41) is 12.5. The van der Waals surface area contributed by atoms with Crippen molar-refractivity contribution >= 4 is 5.91 Å². The summed E-state index contributed by atoms with van der Waals surface area (Å²) in [6.45, 7) is 4.30. The van der Waals surface area contributed by atoms with E-state index in [0.717, 1.165) is 13.1 Å². The van der Waals surface area contributed by atoms with Gasteiger partial charge in [-0.05, 0) is 13.0 Å². The minimum absolute atomic E-state index is 0.0219. The molecule has 5 heteroatoms. The summed E-state index contributed by atoms with van der Waals surface area (Å²) in [5.74, 6) is -0.0500. The van der Waals surface area contributed by atoms with Gasteiger partial charge in [-0.2, -0.15) is 0 Å². The highest BCUT2D eigenvalue weighted by Gasteiger charge is 2.24. The maximum Gasteiger partial charge on any atom is 0.255 e. The largest absolute Gasteiger partial charge is 0.506 e. The molecule has 1 aliphatic rings. The van der Waals surface area contributed by atoms with Gasteiger partial charge in [-0.15, -0.1) is 0 Å². The Labute approximate surface area is 94.1 Å². The normalized spacial score (nSPS) is 20.8. The second kappa shape index (κ2) is 4.49. The molecule has 2 heterocycles. The molecule has 0 aliphatic carbocycles. The first-order chi connectivity index (χ1) is 7.68. The van der Waals surface area contributed by atoms with Crippen LogP contribution in [0.3, 0.4) is 0 Å². The summed E-state index contributed by atoms with van der Waals surface area (Å²) in [5.41, 5.74) is 0.439. The number of piperazine rings is 1. The first-order valence-corrected chi connectivity index (χ1v) is 5.34. The molecular formula is C11H15N3O2. The van der Waals surface area contributed by atoms with E-state index in [4.69, 9.17) is 0 Å². The van der Waals surface area contributed by atoms with Crippen LogP contribution in [0.15, 0.2) is 18.5 Å². The van der Waals surface area contributed by atoms with E-state index in [1.165, 1.54) is 18.5 Å². The van der Waals surface area contributed by atoms with Crippen LogP contribution in [0.1, 0.15) is 17.3 Å². The van der Waals surface area contributed by atoms with Crippen LogP contribution >= 0.6 is 0 Å². The maximum absolute atomic E-state index is 12.1. The van der Waals surface area contributed by atoms with Crippen molar-refractivity contribution in [3.8, 4) is 5.75 Å². The van der Waals surface area contributed by atoms with Gasteiger partial charge in [0.25, 0.3) is 5.91 Å². The van der Waals surface area contributed by atoms with Gasteiger partial charge < -0.3 is 15.3 Å². The van der Waals surface area contributed by atoms with Gasteiger partial charge in [-0.1, -0.05) is 0 Å². The van der Waals surface area contributed by atoms with E-state index in [9.17, 15) is 9.90 Å². The molecule has 0 spiro atoms. The zero-order valence-electron chi connectivity index (χ0n) is 9.18. The predicted molar refractivity (Wildman–Crippen MR) is 59.3 cm³/mol. The molecule has 0 radical (unpaired) electrons. The molecule has 0 unspecified atom stereocenters. The van der Waals surface area contributed by atoms with Crippen molar-refractivity contribution in [3.05, 3.63) is 24.0 Å². The average molecular weight is 221 g/mol. The summed E-state index contributed by atoms with van der Waals surface area (Å²) in [7, 11) is 0. The molecule has 1 fully saturated rings. The molecule has 5 nitrogen and oxygen atoms in total. The number of aromatic nitrogens is 1. The molecule has 1 atom stereocenters. The van der Waals surface area contributed by atoms with Crippen LogP contribution in [-0.4, -0.2) is 46.6 Å². The lowest BCUT2D eigenvalue weighted by molar-refractivity contribution is 0.0655. The number of rotatable bonds is 1. The molecule has 0 aromatic carbocycles. The third-order valence-electron chi connectivity index (χ3n) is 2.73. The molecule has 0 bridgehead atoms. The van der Waals surface area contributed by atoms with Crippen molar-refractivity contribution < 1.29 is 9.90 Å². The molecule has 1 amide bonds. The maximum atomic E-state index is 12.1. The van der Waals surface area contributed by atoms with Crippen LogP contribution in [-0.2, 0) is 0 Å². The van der Waals surface area contributed by atoms with Crippen LogP contribution in [0.2, 0.25) is 0 Å². The molecular weight excluding hydrogens is 206 g/mol. The molecule has 2 rings (SSSR count). The van der Waals surface area contributed by atoms with E-state index >= 15 is 0 Å². The highest BCUT2D eigenvalue weighted by Crippen LogP contribution is 2.13. The first kappa shape index (κ1) is 10.9. The number of carbonyl (C=O) groups is 1. The Bertz CT molecular complexity index is 395. The molecule has 1 aliphatic heterocycles. The number of hydrogen-bond donors (Lipinski definition) is 2. The number of nitrogens with one attached hydrogen (secondary N) is 1. The Balaban J connectivity index is 2.17. The Morgan fingerprint density at radius 2 is 2.44 bits per heavy atom. The van der Waals surface area contributed by atoms with E-state index in [0.29, 0.717) is 12.1 Å². The Kier molecular flexibility index (Phi) is 3.05. The van der Waals surface area contributed by atoms with Crippen molar-refractivity contribution in [1.82, 2.24) is 15.2 Å². The minimum Gasteiger partial charge on any atom is -0.506 e. The Morgan fingerprint density at radius 3 is 3.12 bits per heavy atom. The third-order valence-corrected chi connectivity index (χ3v) is 2.73. The first-order valence-electron chi connectivity index (χ1n) is 5.34. The van der Waals surface area contributed by atoms with Gasteiger partial charge in [-0.25, -0.2) is 0 Å². The lowest BCUT2D eigenvalue weighted by atomic mass is 10.1. The average Bonchev–Trinajstić information content (AvgIpc) is 2.29. The standard InChI is InChI=1S/C11H15N3O2/c1-8-5-12-2-3-14(8)11(16)9-4-10(15)7-13-6-9/h4,6-8,12,15H,2-3,5H2,1H3/t8-/m0/s1. The number of aromatic hydroxyl groups is 1. The monoisotopic (exact) mass is 221 g/mol. The summed E-state index contributed by atoms with van der Waals surface area (Å²) in [4.78, 5) is 17.7. The molecule has 0 saturated carbocycles. The van der Waals surface area contributed by atoms with Crippen LogP contribution in [0.4, 0.5) is 0 Å². The van der Waals surface area contributed by atoms with Crippen LogP contribution in [0.5, 0.6) is 5.75 Å². The van der Waals surface area contributed by atoms with Crippen molar-refractivity contribution in [2.75, 3.05) is 19.6 Å². The van der Waals surface area contributed by atoms with Crippen molar-refractivity contribution in [3.63, 3.8) is 0 Å². The predicted octanol–water partition coefficient (Wildman–Crippen LogP) is 0.221. The van der Waals surface area contributed by atoms with Gasteiger partial charge in [0.15, 0.2) is 0 Å². The smallest absolute Gasteiger partial charge is 0.255 e. The third kappa shape index (κ3) is 2.14. The van der Waals surface area contributed by atoms with Gasteiger partial charge in [-0.3, -0.25) is 9.78 Å². The van der Waals surface area contributed by atoms with E-state index < -0.39 is 0 Å². The highest BCUT2D eigenvalue weighted by atomic mass is 16.3. The van der Waals surface area contributed by atoms with Crippen LogP contribution < -0.4 is 5.32 Å². The van der Waals surface area contributed by atoms with Crippen molar-refractivity contribution in [2.24, 2.45) is 0 Å². The fourth-order valence-corrected chi connectivity index (χ4v) is 1.85. The quantitative estimate of drug-likeness (QED) is 0.712. The van der Waals surface area contributed by atoms with Gasteiger partial charge in [0, 0.05) is 31.9 Å². The van der Waals surface area contributed by atoms with E-state index in [1.807, 2.05) is 6.92 Å². The van der Waals surface area contributed by atoms with Crippen LogP contribution in [0, 0.1) is 0 Å². The minimum atomic E-state index is -0.0719. The molecule has 2 N–H and O–H groups in total. The SMILES string of the molecule is C[C@H]1CNCCN1C(=O)c1cncc(O)c1. The fraction of sp³-hybridized carbons (Fsp3) is 0.455. The van der Waals surface area contributed by atoms with Gasteiger partial charge in [0.2, 0.25) is 0 Å². The van der Waals surface area contributed by atoms with Gasteiger partial charge >= 0.3 is 0 Å². The molecule has 86 valence electrons. The number of amides is 1. The Hall–Kier alpha value is -1.62. The lowest BCUT2D eigenvalue weighted by Crippen LogP contribution is -2.52. The highest BCUT2D eigenvalue weighted by molar-refractivity contribution is 5.94. The van der Waals surface area contributed by atoms with Gasteiger partial charge in [0.05, 0.1) is 11.8 Å². The number of hydrogen-bond acceptors (Lipinski definition) is 4. The van der Waals surface area contributed by atoms with E-state index in [-0.39, 0.29) is 17.7 Å². The van der Waals surface area contributed by atoms with Gasteiger partial charge in [0.1, 0.15) is 5.75 Å². The second-order valence-electron chi connectivity index (χ2n) is 3.98. The number of pyridine rings is 1. The molecule has 16 heavy (non-hydrogen) atoms. The second-order valence-corrected chi connectivity index (χ2v) is 3.98. The number of carbonyl (C=O) groups excluding carboxylic acids is 1. The van der Waals surface area contributed by atoms with Crippen molar-refractivity contribution in [1.29, 1.82) is 0 Å². The molecule has 1 saturated heterocycles. The zero-order chi connectivity index (χ0) is 11.5. The summed E-state index contributed by atoms with van der Waals surface area (Å²) in [6, 6.07) is 1.62. The van der Waals surface area contributed by atoms with E-state index in [2.05, 4.69) is 10.3 Å². The summed E-state index contributed by atoms with van der Waals surface area (Å²) in [6.07, 6.45) is 2.80. The number of nitrogens with zero attached hydrogens (tertiary/aromatic N) is 2. The van der Waals surface area contributed by atoms with Crippen molar-refractivity contribution in [2.45, 2.75) is 13.0 Å². The molecule has 1 aromatic heterocycles.